The maximum absolute atomic E-state index is 10.7. The summed E-state index contributed by atoms with van der Waals surface area (Å²) in [6.45, 7) is 1.12. The summed E-state index contributed by atoms with van der Waals surface area (Å²) in [5.41, 5.74) is 5.16. The molecule has 1 aromatic rings. The van der Waals surface area contributed by atoms with Crippen LogP contribution in [0.3, 0.4) is 0 Å². The largest absolute Gasteiger partial charge is 0.389 e. The second kappa shape index (κ2) is 3.22. The van der Waals surface area contributed by atoms with Crippen LogP contribution >= 0.6 is 0 Å². The highest BCUT2D eigenvalue weighted by Crippen LogP contribution is 2.16. The molecular weight excluding hydrogens is 184 g/mol. The van der Waals surface area contributed by atoms with Crippen LogP contribution in [0.4, 0.5) is 5.82 Å². The molecule has 6 nitrogen and oxygen atoms in total. The minimum atomic E-state index is -0.590. The number of nitrogens with zero attached hydrogens (tertiary/aromatic N) is 3. The van der Waals surface area contributed by atoms with E-state index in [1.165, 1.54) is 6.07 Å². The Morgan fingerprint density at radius 3 is 2.64 bits per heavy atom. The summed E-state index contributed by atoms with van der Waals surface area (Å²) in [6, 6.07) is 3.19. The van der Waals surface area contributed by atoms with Crippen LogP contribution in [0.15, 0.2) is 12.1 Å². The summed E-state index contributed by atoms with van der Waals surface area (Å²) in [4.78, 5) is 12.5. The summed E-state index contributed by atoms with van der Waals surface area (Å²) >= 11 is 0. The molecule has 1 aromatic heterocycles. The van der Waals surface area contributed by atoms with Crippen molar-refractivity contribution in [3.63, 3.8) is 0 Å². The Labute approximate surface area is 80.3 Å². The number of rotatable bonds is 2. The van der Waals surface area contributed by atoms with E-state index in [4.69, 9.17) is 10.8 Å². The molecule has 0 spiro atoms. The Morgan fingerprint density at radius 2 is 2.21 bits per heavy atom. The number of hydrogen-bond donors (Lipinski definition) is 2. The van der Waals surface area contributed by atoms with Gasteiger partial charge in [-0.25, -0.2) is 0 Å². The maximum Gasteiger partial charge on any atom is 0.269 e. The van der Waals surface area contributed by atoms with Crippen molar-refractivity contribution in [2.24, 2.45) is 5.73 Å². The third kappa shape index (κ3) is 1.51. The van der Waals surface area contributed by atoms with Crippen molar-refractivity contribution in [1.29, 1.82) is 0 Å². The fourth-order valence-corrected chi connectivity index (χ4v) is 1.27. The molecule has 1 fully saturated rings. The van der Waals surface area contributed by atoms with E-state index in [2.05, 4.69) is 10.2 Å². The van der Waals surface area contributed by atoms with Crippen LogP contribution in [0.25, 0.3) is 0 Å². The maximum atomic E-state index is 10.7. The number of aliphatic hydroxyl groups excluding tert-OH is 1. The van der Waals surface area contributed by atoms with Gasteiger partial charge in [-0.15, -0.1) is 10.2 Å². The summed E-state index contributed by atoms with van der Waals surface area (Å²) < 4.78 is 0. The zero-order valence-electron chi connectivity index (χ0n) is 7.42. The minimum absolute atomic E-state index is 0.148. The first-order valence-corrected chi connectivity index (χ1v) is 4.23. The van der Waals surface area contributed by atoms with Gasteiger partial charge in [-0.05, 0) is 12.1 Å². The van der Waals surface area contributed by atoms with Gasteiger partial charge < -0.3 is 15.7 Å². The first kappa shape index (κ1) is 8.89. The van der Waals surface area contributed by atoms with Crippen LogP contribution in [0.5, 0.6) is 0 Å². The molecule has 74 valence electrons. The minimum Gasteiger partial charge on any atom is -0.389 e. The van der Waals surface area contributed by atoms with Gasteiger partial charge in [-0.2, -0.15) is 0 Å². The number of primary amides is 1. The topological polar surface area (TPSA) is 92.3 Å². The first-order chi connectivity index (χ1) is 6.66. The molecule has 1 saturated heterocycles. The second-order valence-electron chi connectivity index (χ2n) is 3.20. The van der Waals surface area contributed by atoms with E-state index < -0.39 is 5.91 Å². The summed E-state index contributed by atoms with van der Waals surface area (Å²) in [7, 11) is 0. The summed E-state index contributed by atoms with van der Waals surface area (Å²) in [6.07, 6.45) is -0.285. The molecule has 0 bridgehead atoms. The Bertz CT molecular complexity index is 345. The predicted octanol–water partition coefficient (Wildman–Crippen LogP) is -1.24. The fraction of sp³-hybridized carbons (Fsp3) is 0.375. The van der Waals surface area contributed by atoms with E-state index in [9.17, 15) is 4.79 Å². The van der Waals surface area contributed by atoms with Gasteiger partial charge in [0.25, 0.3) is 5.91 Å². The molecule has 3 N–H and O–H groups in total. The zero-order valence-corrected chi connectivity index (χ0v) is 7.42. The fourth-order valence-electron chi connectivity index (χ4n) is 1.27. The number of carbonyl (C=O) groups is 1. The van der Waals surface area contributed by atoms with Gasteiger partial charge in [-0.1, -0.05) is 0 Å². The van der Waals surface area contributed by atoms with E-state index in [1.807, 2.05) is 4.90 Å². The quantitative estimate of drug-likeness (QED) is 0.614. The molecule has 2 rings (SSSR count). The SMILES string of the molecule is NC(=O)c1ccc(N2CC(O)C2)nn1. The van der Waals surface area contributed by atoms with Crippen molar-refractivity contribution in [3.8, 4) is 0 Å². The number of anilines is 1. The van der Waals surface area contributed by atoms with Gasteiger partial charge >= 0.3 is 0 Å². The van der Waals surface area contributed by atoms with Crippen LogP contribution in [0.1, 0.15) is 10.5 Å². The van der Waals surface area contributed by atoms with E-state index in [-0.39, 0.29) is 11.8 Å². The van der Waals surface area contributed by atoms with Gasteiger partial charge in [0.2, 0.25) is 0 Å². The van der Waals surface area contributed by atoms with Crippen LogP contribution in [-0.2, 0) is 0 Å². The Morgan fingerprint density at radius 1 is 1.50 bits per heavy atom. The molecule has 0 radical (unpaired) electrons. The number of aromatic nitrogens is 2. The number of amides is 1. The number of nitrogens with two attached hydrogens (primary N) is 1. The molecule has 0 atom stereocenters. The van der Waals surface area contributed by atoms with E-state index in [0.717, 1.165) is 0 Å². The van der Waals surface area contributed by atoms with Gasteiger partial charge in [-0.3, -0.25) is 4.79 Å². The molecule has 14 heavy (non-hydrogen) atoms. The third-order valence-corrected chi connectivity index (χ3v) is 2.09. The Kier molecular flexibility index (Phi) is 2.05. The third-order valence-electron chi connectivity index (χ3n) is 2.09. The molecule has 0 saturated carbocycles. The molecule has 0 aromatic carbocycles. The molecule has 1 amide bonds. The zero-order chi connectivity index (χ0) is 10.1. The van der Waals surface area contributed by atoms with Crippen molar-refractivity contribution in [3.05, 3.63) is 17.8 Å². The van der Waals surface area contributed by atoms with Crippen molar-refractivity contribution >= 4 is 11.7 Å². The number of aliphatic hydroxyl groups is 1. The molecule has 1 aliphatic heterocycles. The van der Waals surface area contributed by atoms with Crippen molar-refractivity contribution in [1.82, 2.24) is 10.2 Å². The average molecular weight is 194 g/mol. The lowest BCUT2D eigenvalue weighted by Crippen LogP contribution is -2.51. The molecule has 6 heteroatoms. The second-order valence-corrected chi connectivity index (χ2v) is 3.20. The van der Waals surface area contributed by atoms with Gasteiger partial charge in [0.05, 0.1) is 6.10 Å². The Hall–Kier alpha value is -1.69. The van der Waals surface area contributed by atoms with Crippen LogP contribution in [-0.4, -0.2) is 40.4 Å². The van der Waals surface area contributed by atoms with E-state index in [0.29, 0.717) is 18.9 Å². The number of carbonyl (C=O) groups excluding carboxylic acids is 1. The number of hydrogen-bond acceptors (Lipinski definition) is 5. The summed E-state index contributed by atoms with van der Waals surface area (Å²) in [5, 5.41) is 16.5. The highest BCUT2D eigenvalue weighted by molar-refractivity contribution is 5.90. The van der Waals surface area contributed by atoms with Crippen LogP contribution < -0.4 is 10.6 Å². The highest BCUT2D eigenvalue weighted by atomic mass is 16.3. The normalized spacial score (nSPS) is 16.5. The first-order valence-electron chi connectivity index (χ1n) is 4.23. The van der Waals surface area contributed by atoms with Gasteiger partial charge in [0.1, 0.15) is 0 Å². The highest BCUT2D eigenvalue weighted by Gasteiger charge is 2.25. The lowest BCUT2D eigenvalue weighted by atomic mass is 10.2. The van der Waals surface area contributed by atoms with Crippen molar-refractivity contribution in [2.75, 3.05) is 18.0 Å². The predicted molar refractivity (Wildman–Crippen MR) is 48.8 cm³/mol. The van der Waals surface area contributed by atoms with Crippen molar-refractivity contribution in [2.45, 2.75) is 6.10 Å². The molecule has 0 unspecified atom stereocenters. The van der Waals surface area contributed by atoms with Gasteiger partial charge in [0.15, 0.2) is 11.5 Å². The molecular formula is C8H10N4O2. The lowest BCUT2D eigenvalue weighted by Gasteiger charge is -2.36. The standard InChI is InChI=1S/C8H10N4O2/c9-8(14)6-1-2-7(11-10-6)12-3-5(13)4-12/h1-2,5,13H,3-4H2,(H2,9,14). The monoisotopic (exact) mass is 194 g/mol. The van der Waals surface area contributed by atoms with E-state index >= 15 is 0 Å². The molecule has 2 heterocycles. The van der Waals surface area contributed by atoms with E-state index in [1.54, 1.807) is 6.07 Å². The summed E-state index contributed by atoms with van der Waals surface area (Å²) in [5.74, 6) is 0.0630. The smallest absolute Gasteiger partial charge is 0.269 e. The lowest BCUT2D eigenvalue weighted by molar-refractivity contribution is 0.0994. The van der Waals surface area contributed by atoms with Gasteiger partial charge in [0, 0.05) is 13.1 Å². The molecule has 1 aliphatic rings. The number of β-amino-alcohol motifs (C(OH)–C–C–N with tert-alkyl or cyclic N) is 1. The average Bonchev–Trinajstić information content (AvgIpc) is 2.13. The Balaban J connectivity index is 2.10. The van der Waals surface area contributed by atoms with Crippen LogP contribution in [0.2, 0.25) is 0 Å². The molecule has 0 aliphatic carbocycles. The van der Waals surface area contributed by atoms with Crippen LogP contribution in [0, 0.1) is 0 Å². The van der Waals surface area contributed by atoms with Crippen molar-refractivity contribution < 1.29 is 9.90 Å².